The third-order valence-electron chi connectivity index (χ3n) is 4.48. The molecule has 0 saturated carbocycles. The first kappa shape index (κ1) is 18.6. The van der Waals surface area contributed by atoms with Crippen molar-refractivity contribution in [2.45, 2.75) is 46.1 Å². The number of rotatable bonds is 6. The largest absolute Gasteiger partial charge is 0.462 e. The lowest BCUT2D eigenvalue weighted by Crippen LogP contribution is -2.39. The minimum atomic E-state index is -0.291. The number of aromatic nitrogens is 3. The summed E-state index contributed by atoms with van der Waals surface area (Å²) in [5.74, 6) is 0.714. The molecule has 0 spiro atoms. The molecule has 140 valence electrons. The van der Waals surface area contributed by atoms with Gasteiger partial charge in [-0.2, -0.15) is 0 Å². The van der Waals surface area contributed by atoms with Gasteiger partial charge in [0.05, 0.1) is 12.3 Å². The number of hydrogen-bond donors (Lipinski definition) is 1. The molecule has 1 aliphatic rings. The molecule has 1 fully saturated rings. The van der Waals surface area contributed by atoms with Gasteiger partial charge in [-0.1, -0.05) is 18.3 Å². The van der Waals surface area contributed by atoms with E-state index in [0.29, 0.717) is 17.5 Å². The van der Waals surface area contributed by atoms with E-state index in [2.05, 4.69) is 38.2 Å². The molecule has 26 heavy (non-hydrogen) atoms. The van der Waals surface area contributed by atoms with Crippen molar-refractivity contribution in [2.24, 2.45) is 0 Å². The van der Waals surface area contributed by atoms with E-state index in [0.717, 1.165) is 54.7 Å². The second-order valence-electron chi connectivity index (χ2n) is 6.28. The lowest BCUT2D eigenvalue weighted by Gasteiger charge is -2.33. The summed E-state index contributed by atoms with van der Waals surface area (Å²) < 4.78 is 5.08. The Morgan fingerprint density at radius 2 is 2.12 bits per heavy atom. The molecule has 2 aromatic heterocycles. The van der Waals surface area contributed by atoms with Gasteiger partial charge in [-0.05, 0) is 33.1 Å². The zero-order valence-corrected chi connectivity index (χ0v) is 16.3. The normalized spacial score (nSPS) is 15.1. The number of piperidine rings is 1. The monoisotopic (exact) mass is 375 g/mol. The van der Waals surface area contributed by atoms with E-state index in [-0.39, 0.29) is 5.97 Å². The van der Waals surface area contributed by atoms with Crippen molar-refractivity contribution in [3.63, 3.8) is 0 Å². The summed E-state index contributed by atoms with van der Waals surface area (Å²) in [6.45, 7) is 8.00. The molecule has 0 radical (unpaired) electrons. The highest BCUT2D eigenvalue weighted by atomic mass is 32.1. The first-order valence-corrected chi connectivity index (χ1v) is 9.89. The van der Waals surface area contributed by atoms with Gasteiger partial charge in [-0.15, -0.1) is 0 Å². The van der Waals surface area contributed by atoms with E-state index in [1.807, 2.05) is 13.8 Å². The third-order valence-corrected chi connectivity index (χ3v) is 5.54. The lowest BCUT2D eigenvalue weighted by atomic mass is 10.1. The Labute approximate surface area is 157 Å². The summed E-state index contributed by atoms with van der Waals surface area (Å²) in [5.41, 5.74) is 1.79. The summed E-state index contributed by atoms with van der Waals surface area (Å²) in [6, 6.07) is 2.42. The van der Waals surface area contributed by atoms with Crippen molar-refractivity contribution >= 4 is 28.3 Å². The van der Waals surface area contributed by atoms with Crippen molar-refractivity contribution in [1.29, 1.82) is 0 Å². The number of hydrogen-bond acceptors (Lipinski definition) is 8. The van der Waals surface area contributed by atoms with Crippen LogP contribution < -0.4 is 10.2 Å². The van der Waals surface area contributed by atoms with E-state index in [1.54, 1.807) is 6.33 Å². The number of anilines is 2. The van der Waals surface area contributed by atoms with Gasteiger partial charge in [0.1, 0.15) is 17.0 Å². The number of nitrogens with one attached hydrogen (secondary N) is 1. The van der Waals surface area contributed by atoms with E-state index in [4.69, 9.17) is 4.74 Å². The van der Waals surface area contributed by atoms with Crippen LogP contribution in [-0.4, -0.2) is 46.7 Å². The van der Waals surface area contributed by atoms with Crippen LogP contribution >= 0.6 is 11.3 Å². The minimum absolute atomic E-state index is 0.291. The number of carbonyl (C=O) groups is 1. The smallest absolute Gasteiger partial charge is 0.350 e. The molecule has 3 rings (SSSR count). The maximum absolute atomic E-state index is 11.9. The maximum Gasteiger partial charge on any atom is 0.350 e. The van der Waals surface area contributed by atoms with Crippen molar-refractivity contribution in [2.75, 3.05) is 29.9 Å². The SMILES string of the molecule is CCOC(=O)c1sc(NC2CCN(c3cc(CC)ncn3)CC2)nc1C. The zero-order chi connectivity index (χ0) is 18.5. The first-order chi connectivity index (χ1) is 12.6. The molecule has 0 bridgehead atoms. The van der Waals surface area contributed by atoms with Gasteiger partial charge in [0, 0.05) is 30.9 Å². The van der Waals surface area contributed by atoms with Crippen LogP contribution in [0.2, 0.25) is 0 Å². The van der Waals surface area contributed by atoms with Gasteiger partial charge in [-0.25, -0.2) is 19.7 Å². The molecule has 1 saturated heterocycles. The van der Waals surface area contributed by atoms with Gasteiger partial charge in [-0.3, -0.25) is 0 Å². The molecule has 0 unspecified atom stereocenters. The van der Waals surface area contributed by atoms with Gasteiger partial charge in [0.2, 0.25) is 0 Å². The van der Waals surface area contributed by atoms with Gasteiger partial charge in [0.15, 0.2) is 5.13 Å². The van der Waals surface area contributed by atoms with Crippen LogP contribution in [0.3, 0.4) is 0 Å². The second-order valence-corrected chi connectivity index (χ2v) is 7.28. The first-order valence-electron chi connectivity index (χ1n) is 9.07. The fourth-order valence-corrected chi connectivity index (χ4v) is 3.96. The van der Waals surface area contributed by atoms with E-state index < -0.39 is 0 Å². The van der Waals surface area contributed by atoms with Crippen molar-refractivity contribution < 1.29 is 9.53 Å². The van der Waals surface area contributed by atoms with Crippen LogP contribution in [-0.2, 0) is 11.2 Å². The minimum Gasteiger partial charge on any atom is -0.462 e. The molecule has 0 atom stereocenters. The zero-order valence-electron chi connectivity index (χ0n) is 15.5. The molecular weight excluding hydrogens is 350 g/mol. The molecule has 7 nitrogen and oxygen atoms in total. The second kappa shape index (κ2) is 8.44. The fraction of sp³-hybridized carbons (Fsp3) is 0.556. The van der Waals surface area contributed by atoms with Gasteiger partial charge < -0.3 is 15.0 Å². The van der Waals surface area contributed by atoms with E-state index >= 15 is 0 Å². The number of aryl methyl sites for hydroxylation is 2. The Morgan fingerprint density at radius 1 is 1.35 bits per heavy atom. The fourth-order valence-electron chi connectivity index (χ4n) is 3.02. The number of carbonyl (C=O) groups excluding carboxylic acids is 1. The molecule has 2 aromatic rings. The molecule has 1 aliphatic heterocycles. The predicted molar refractivity (Wildman–Crippen MR) is 103 cm³/mol. The molecular formula is C18H25N5O2S. The number of ether oxygens (including phenoxy) is 1. The van der Waals surface area contributed by atoms with Crippen LogP contribution in [0, 0.1) is 6.92 Å². The average molecular weight is 375 g/mol. The molecule has 0 amide bonds. The summed E-state index contributed by atoms with van der Waals surface area (Å²) in [5, 5.41) is 4.26. The molecule has 0 aromatic carbocycles. The third kappa shape index (κ3) is 4.30. The predicted octanol–water partition coefficient (Wildman–Crippen LogP) is 3.06. The Hall–Kier alpha value is -2.22. The number of thiazole rings is 1. The highest BCUT2D eigenvalue weighted by molar-refractivity contribution is 7.17. The topological polar surface area (TPSA) is 80.2 Å². The summed E-state index contributed by atoms with van der Waals surface area (Å²) >= 11 is 1.37. The number of nitrogens with zero attached hydrogens (tertiary/aromatic N) is 4. The van der Waals surface area contributed by atoms with E-state index in [1.165, 1.54) is 11.3 Å². The summed E-state index contributed by atoms with van der Waals surface area (Å²) in [6.07, 6.45) is 4.56. The van der Waals surface area contributed by atoms with Crippen LogP contribution in [0.4, 0.5) is 10.9 Å². The Kier molecular flexibility index (Phi) is 6.03. The average Bonchev–Trinajstić information content (AvgIpc) is 3.03. The van der Waals surface area contributed by atoms with Crippen LogP contribution in [0.1, 0.15) is 47.7 Å². The quantitative estimate of drug-likeness (QED) is 0.777. The van der Waals surface area contributed by atoms with Crippen molar-refractivity contribution in [3.05, 3.63) is 28.7 Å². The van der Waals surface area contributed by atoms with E-state index in [9.17, 15) is 4.79 Å². The van der Waals surface area contributed by atoms with Gasteiger partial charge >= 0.3 is 5.97 Å². The van der Waals surface area contributed by atoms with Crippen LogP contribution in [0.25, 0.3) is 0 Å². The Balaban J connectivity index is 1.57. The standard InChI is InChI=1S/C18H25N5O2S/c1-4-13-10-15(20-11-19-13)23-8-6-14(7-9-23)22-18-21-12(3)16(26-18)17(24)25-5-2/h10-11,14H,4-9H2,1-3H3,(H,21,22). The Bertz CT molecular complexity index is 756. The lowest BCUT2D eigenvalue weighted by molar-refractivity contribution is 0.0531. The summed E-state index contributed by atoms with van der Waals surface area (Å²) in [4.78, 5) is 28.0. The van der Waals surface area contributed by atoms with Gasteiger partial charge in [0.25, 0.3) is 0 Å². The summed E-state index contributed by atoms with van der Waals surface area (Å²) in [7, 11) is 0. The highest BCUT2D eigenvalue weighted by Gasteiger charge is 2.23. The maximum atomic E-state index is 11.9. The van der Waals surface area contributed by atoms with Crippen molar-refractivity contribution in [1.82, 2.24) is 15.0 Å². The van der Waals surface area contributed by atoms with Crippen molar-refractivity contribution in [3.8, 4) is 0 Å². The molecule has 3 heterocycles. The molecule has 0 aliphatic carbocycles. The number of esters is 1. The van der Waals surface area contributed by atoms with Crippen LogP contribution in [0.5, 0.6) is 0 Å². The highest BCUT2D eigenvalue weighted by Crippen LogP contribution is 2.26. The van der Waals surface area contributed by atoms with Crippen LogP contribution in [0.15, 0.2) is 12.4 Å². The molecule has 8 heteroatoms. The Morgan fingerprint density at radius 3 is 2.81 bits per heavy atom. The molecule has 1 N–H and O–H groups in total.